The molecule has 1 heterocycles. The molecule has 12 heteroatoms. The van der Waals surface area contributed by atoms with Crippen molar-refractivity contribution in [1.82, 2.24) is 15.4 Å². The summed E-state index contributed by atoms with van der Waals surface area (Å²) in [7, 11) is 2.92. The Kier molecular flexibility index (Phi) is 6.73. The molecule has 2 aromatic carbocycles. The lowest BCUT2D eigenvalue weighted by Crippen LogP contribution is -2.41. The number of carbonyl (C=O) groups is 2. The molecular formula is C20H20N4O8. The highest BCUT2D eigenvalue weighted by Crippen LogP contribution is 2.27. The number of rotatable bonds is 8. The molecule has 2 amide bonds. The number of benzene rings is 2. The Balaban J connectivity index is 1.53. The zero-order valence-electron chi connectivity index (χ0n) is 17.2. The van der Waals surface area contributed by atoms with Crippen LogP contribution in [0.2, 0.25) is 0 Å². The Morgan fingerprint density at radius 2 is 1.84 bits per heavy atom. The molecule has 12 nitrogen and oxygen atoms in total. The third kappa shape index (κ3) is 4.86. The van der Waals surface area contributed by atoms with E-state index in [1.54, 1.807) is 6.07 Å². The lowest BCUT2D eigenvalue weighted by Gasteiger charge is -2.10. The van der Waals surface area contributed by atoms with Gasteiger partial charge in [0.05, 0.1) is 30.7 Å². The Morgan fingerprint density at radius 3 is 2.53 bits per heavy atom. The number of nitrogens with one attached hydrogen (secondary N) is 2. The summed E-state index contributed by atoms with van der Waals surface area (Å²) in [5.74, 6) is -0.852. The number of aromatic nitrogens is 1. The summed E-state index contributed by atoms with van der Waals surface area (Å²) in [6, 6.07) is 8.41. The van der Waals surface area contributed by atoms with E-state index < -0.39 is 22.5 Å². The molecule has 3 aromatic rings. The number of aryl methyl sites for hydroxylation is 1. The molecule has 0 atom stereocenters. The number of hydrazine groups is 1. The number of methoxy groups -OCH3 is 2. The summed E-state index contributed by atoms with van der Waals surface area (Å²) in [5.41, 5.74) is 5.16. The monoisotopic (exact) mass is 444 g/mol. The predicted octanol–water partition coefficient (Wildman–Crippen LogP) is 1.76. The second-order valence-corrected chi connectivity index (χ2v) is 6.60. The largest absolute Gasteiger partial charge is 0.493 e. The van der Waals surface area contributed by atoms with Gasteiger partial charge in [-0.25, -0.2) is 4.79 Å². The maximum absolute atomic E-state index is 12.2. The second-order valence-electron chi connectivity index (χ2n) is 6.60. The van der Waals surface area contributed by atoms with Crippen molar-refractivity contribution in [3.05, 3.63) is 62.6 Å². The van der Waals surface area contributed by atoms with E-state index in [0.717, 1.165) is 0 Å². The molecule has 32 heavy (non-hydrogen) atoms. The maximum Gasteiger partial charge on any atom is 0.419 e. The van der Waals surface area contributed by atoms with Crippen LogP contribution in [0.4, 0.5) is 5.69 Å². The van der Waals surface area contributed by atoms with E-state index in [9.17, 15) is 24.5 Å². The number of nitrogens with zero attached hydrogens (tertiary/aromatic N) is 2. The first-order valence-electron chi connectivity index (χ1n) is 9.43. The molecule has 0 saturated heterocycles. The first-order chi connectivity index (χ1) is 15.3. The summed E-state index contributed by atoms with van der Waals surface area (Å²) in [6.45, 7) is 0.153. The SMILES string of the molecule is COc1ccc(C(=O)NNC(=O)CCCn2c(=O)oc3cc([N+](=O)[O-])ccc32)cc1OC. The van der Waals surface area contributed by atoms with Crippen LogP contribution in [0.25, 0.3) is 11.1 Å². The average molecular weight is 444 g/mol. The minimum atomic E-state index is -0.678. The minimum absolute atomic E-state index is 0.0122. The molecular weight excluding hydrogens is 424 g/mol. The van der Waals surface area contributed by atoms with E-state index in [1.807, 2.05) is 0 Å². The smallest absolute Gasteiger partial charge is 0.419 e. The lowest BCUT2D eigenvalue weighted by atomic mass is 10.2. The van der Waals surface area contributed by atoms with E-state index in [0.29, 0.717) is 17.0 Å². The van der Waals surface area contributed by atoms with Gasteiger partial charge in [0, 0.05) is 24.6 Å². The van der Waals surface area contributed by atoms with Crippen LogP contribution in [0.3, 0.4) is 0 Å². The maximum atomic E-state index is 12.2. The number of non-ortho nitro benzene ring substituents is 1. The van der Waals surface area contributed by atoms with Crippen LogP contribution in [0.5, 0.6) is 11.5 Å². The van der Waals surface area contributed by atoms with Crippen molar-refractivity contribution >= 4 is 28.6 Å². The standard InChI is InChI=1S/C20H20N4O8/c1-30-15-8-5-12(10-17(15)31-2)19(26)22-21-18(25)4-3-9-23-14-7-6-13(24(28)29)11-16(14)32-20(23)27/h5-8,10-11H,3-4,9H2,1-2H3,(H,21,25)(H,22,26). The molecule has 2 N–H and O–H groups in total. The van der Waals surface area contributed by atoms with Crippen molar-refractivity contribution in [2.45, 2.75) is 19.4 Å². The lowest BCUT2D eigenvalue weighted by molar-refractivity contribution is -0.384. The van der Waals surface area contributed by atoms with E-state index in [2.05, 4.69) is 10.9 Å². The van der Waals surface area contributed by atoms with Crippen LogP contribution in [0, 0.1) is 10.1 Å². The third-order valence-electron chi connectivity index (χ3n) is 4.61. The highest BCUT2D eigenvalue weighted by molar-refractivity contribution is 5.96. The van der Waals surface area contributed by atoms with E-state index in [-0.39, 0.29) is 36.2 Å². The Hall–Kier alpha value is -4.35. The first-order valence-corrected chi connectivity index (χ1v) is 9.43. The van der Waals surface area contributed by atoms with Crippen molar-refractivity contribution in [2.75, 3.05) is 14.2 Å². The number of carbonyl (C=O) groups excluding carboxylic acids is 2. The third-order valence-corrected chi connectivity index (χ3v) is 4.61. The summed E-state index contributed by atoms with van der Waals surface area (Å²) in [4.78, 5) is 46.5. The average Bonchev–Trinajstić information content (AvgIpc) is 3.11. The highest BCUT2D eigenvalue weighted by atomic mass is 16.6. The summed E-state index contributed by atoms with van der Waals surface area (Å²) >= 11 is 0. The fraction of sp³-hybridized carbons (Fsp3) is 0.250. The molecule has 1 aromatic heterocycles. The van der Waals surface area contributed by atoms with E-state index >= 15 is 0 Å². The summed E-state index contributed by atoms with van der Waals surface area (Å²) in [6.07, 6.45) is 0.280. The van der Waals surface area contributed by atoms with Crippen molar-refractivity contribution in [3.63, 3.8) is 0 Å². The van der Waals surface area contributed by atoms with Gasteiger partial charge >= 0.3 is 5.76 Å². The molecule has 168 valence electrons. The normalized spacial score (nSPS) is 10.6. The number of fused-ring (bicyclic) bond motifs is 1. The fourth-order valence-corrected chi connectivity index (χ4v) is 3.02. The number of nitro groups is 1. The predicted molar refractivity (Wildman–Crippen MR) is 112 cm³/mol. The zero-order valence-corrected chi connectivity index (χ0v) is 17.2. The van der Waals surface area contributed by atoms with Gasteiger partial charge in [-0.05, 0) is 30.7 Å². The minimum Gasteiger partial charge on any atom is -0.493 e. The van der Waals surface area contributed by atoms with E-state index in [1.165, 1.54) is 49.1 Å². The number of oxazole rings is 1. The van der Waals surface area contributed by atoms with Crippen LogP contribution in [0.1, 0.15) is 23.2 Å². The Morgan fingerprint density at radius 1 is 1.09 bits per heavy atom. The van der Waals surface area contributed by atoms with Gasteiger partial charge in [0.1, 0.15) is 0 Å². The molecule has 0 aliphatic carbocycles. The second kappa shape index (κ2) is 9.64. The van der Waals surface area contributed by atoms with Gasteiger partial charge in [0.25, 0.3) is 11.6 Å². The van der Waals surface area contributed by atoms with Crippen LogP contribution in [-0.2, 0) is 11.3 Å². The molecule has 0 unspecified atom stereocenters. The molecule has 0 saturated carbocycles. The van der Waals surface area contributed by atoms with Gasteiger partial charge in [-0.2, -0.15) is 0 Å². The van der Waals surface area contributed by atoms with Crippen LogP contribution < -0.4 is 26.1 Å². The molecule has 0 radical (unpaired) electrons. The van der Waals surface area contributed by atoms with Crippen LogP contribution in [0.15, 0.2) is 45.6 Å². The van der Waals surface area contributed by atoms with Gasteiger partial charge in [0.15, 0.2) is 17.1 Å². The number of hydrogen-bond donors (Lipinski definition) is 2. The van der Waals surface area contributed by atoms with Crippen molar-refractivity contribution in [3.8, 4) is 11.5 Å². The molecule has 0 aliphatic heterocycles. The van der Waals surface area contributed by atoms with Crippen molar-refractivity contribution < 1.29 is 28.4 Å². The van der Waals surface area contributed by atoms with Crippen LogP contribution >= 0.6 is 0 Å². The van der Waals surface area contributed by atoms with Crippen molar-refractivity contribution in [1.29, 1.82) is 0 Å². The van der Waals surface area contributed by atoms with Gasteiger partial charge < -0.3 is 13.9 Å². The molecule has 0 bridgehead atoms. The van der Waals surface area contributed by atoms with Crippen molar-refractivity contribution in [2.24, 2.45) is 0 Å². The Labute approximate surface area is 180 Å². The highest BCUT2D eigenvalue weighted by Gasteiger charge is 2.15. The molecule has 3 rings (SSSR count). The Bertz CT molecular complexity index is 1230. The van der Waals surface area contributed by atoms with Crippen LogP contribution in [-0.4, -0.2) is 35.5 Å². The fourth-order valence-electron chi connectivity index (χ4n) is 3.02. The van der Waals surface area contributed by atoms with Gasteiger partial charge in [-0.15, -0.1) is 0 Å². The topological polar surface area (TPSA) is 155 Å². The molecule has 0 aliphatic rings. The zero-order chi connectivity index (χ0) is 23.3. The molecule has 0 spiro atoms. The van der Waals surface area contributed by atoms with Gasteiger partial charge in [0.2, 0.25) is 5.91 Å². The summed E-state index contributed by atoms with van der Waals surface area (Å²) < 4.78 is 16.6. The van der Waals surface area contributed by atoms with E-state index in [4.69, 9.17) is 13.9 Å². The van der Waals surface area contributed by atoms with Gasteiger partial charge in [-0.3, -0.25) is 35.1 Å². The number of amides is 2. The first kappa shape index (κ1) is 22.3. The summed E-state index contributed by atoms with van der Waals surface area (Å²) in [5, 5.41) is 10.8. The quantitative estimate of drug-likeness (QED) is 0.393. The number of nitro benzene ring substituents is 1. The number of hydrogen-bond acceptors (Lipinski definition) is 8. The molecule has 0 fully saturated rings. The van der Waals surface area contributed by atoms with Gasteiger partial charge in [-0.1, -0.05) is 0 Å². The number of ether oxygens (including phenoxy) is 2.